The maximum Gasteiger partial charge on any atom is 0.251 e. The third-order valence-corrected chi connectivity index (χ3v) is 4.46. The molecule has 4 heteroatoms. The third-order valence-electron chi connectivity index (χ3n) is 4.46. The Morgan fingerprint density at radius 3 is 2.33 bits per heavy atom. The fourth-order valence-electron chi connectivity index (χ4n) is 2.84. The molecule has 1 atom stereocenters. The fourth-order valence-corrected chi connectivity index (χ4v) is 2.84. The van der Waals surface area contributed by atoms with Gasteiger partial charge in [0.25, 0.3) is 5.91 Å². The zero-order valence-electron chi connectivity index (χ0n) is 15.0. The maximum absolute atomic E-state index is 12.3. The number of aliphatic hydroxyl groups is 1. The molecule has 0 aliphatic carbocycles. The van der Waals surface area contributed by atoms with E-state index < -0.39 is 5.60 Å². The Morgan fingerprint density at radius 1 is 1.00 bits per heavy atom. The van der Waals surface area contributed by atoms with Gasteiger partial charge < -0.3 is 10.4 Å². The predicted octanol–water partition coefficient (Wildman–Crippen LogP) is 3.86. The van der Waals surface area contributed by atoms with Gasteiger partial charge in [-0.15, -0.1) is 0 Å². The largest absolute Gasteiger partial charge is 0.384 e. The summed E-state index contributed by atoms with van der Waals surface area (Å²) >= 11 is 0. The number of nitrogens with one attached hydrogen (secondary N) is 1. The molecule has 0 fully saturated rings. The Morgan fingerprint density at radius 2 is 1.67 bits per heavy atom. The maximum atomic E-state index is 12.3. The van der Waals surface area contributed by atoms with Gasteiger partial charge in [0.1, 0.15) is 5.60 Å². The number of benzene rings is 3. The lowest BCUT2D eigenvalue weighted by Crippen LogP contribution is -2.38. The van der Waals surface area contributed by atoms with Crippen LogP contribution in [-0.4, -0.2) is 17.6 Å². The number of rotatable bonds is 5. The van der Waals surface area contributed by atoms with Crippen LogP contribution in [0, 0.1) is 11.3 Å². The molecule has 0 saturated carbocycles. The van der Waals surface area contributed by atoms with Crippen LogP contribution in [0.4, 0.5) is 0 Å². The first-order valence-corrected chi connectivity index (χ1v) is 8.66. The number of nitriles is 1. The smallest absolute Gasteiger partial charge is 0.251 e. The Balaban J connectivity index is 1.69. The molecule has 0 aliphatic heterocycles. The van der Waals surface area contributed by atoms with Crippen molar-refractivity contribution >= 4 is 5.91 Å². The Labute approximate surface area is 158 Å². The van der Waals surface area contributed by atoms with Crippen molar-refractivity contribution in [1.29, 1.82) is 5.26 Å². The number of hydrogen-bond donors (Lipinski definition) is 2. The second-order valence-electron chi connectivity index (χ2n) is 6.59. The topological polar surface area (TPSA) is 73.1 Å². The van der Waals surface area contributed by atoms with E-state index in [4.69, 9.17) is 5.26 Å². The summed E-state index contributed by atoms with van der Waals surface area (Å²) in [4.78, 5) is 12.3. The lowest BCUT2D eigenvalue weighted by Gasteiger charge is -2.24. The molecule has 27 heavy (non-hydrogen) atoms. The van der Waals surface area contributed by atoms with Crippen LogP contribution >= 0.6 is 0 Å². The zero-order valence-corrected chi connectivity index (χ0v) is 15.0. The first-order valence-electron chi connectivity index (χ1n) is 8.66. The van der Waals surface area contributed by atoms with Gasteiger partial charge >= 0.3 is 0 Å². The molecule has 3 aromatic carbocycles. The zero-order chi connectivity index (χ0) is 19.3. The minimum Gasteiger partial charge on any atom is -0.384 e. The summed E-state index contributed by atoms with van der Waals surface area (Å²) in [6.07, 6.45) is 0. The second kappa shape index (κ2) is 7.86. The normalized spacial score (nSPS) is 12.6. The van der Waals surface area contributed by atoms with Crippen molar-refractivity contribution in [3.05, 3.63) is 95.6 Å². The molecule has 0 radical (unpaired) electrons. The molecule has 0 heterocycles. The third kappa shape index (κ3) is 4.41. The molecule has 3 aromatic rings. The molecule has 4 nitrogen and oxygen atoms in total. The summed E-state index contributed by atoms with van der Waals surface area (Å²) < 4.78 is 0. The Bertz CT molecular complexity index is 971. The minimum absolute atomic E-state index is 0.0628. The van der Waals surface area contributed by atoms with Crippen molar-refractivity contribution in [2.24, 2.45) is 0 Å². The summed E-state index contributed by atoms with van der Waals surface area (Å²) in [5, 5.41) is 22.4. The molecular formula is C23H20N2O2. The number of nitrogens with zero attached hydrogens (tertiary/aromatic N) is 1. The van der Waals surface area contributed by atoms with Crippen molar-refractivity contribution in [3.8, 4) is 17.2 Å². The average Bonchev–Trinajstić information content (AvgIpc) is 2.73. The van der Waals surface area contributed by atoms with E-state index >= 15 is 0 Å². The van der Waals surface area contributed by atoms with Crippen LogP contribution in [0.3, 0.4) is 0 Å². The molecule has 0 aliphatic rings. The van der Waals surface area contributed by atoms with Crippen molar-refractivity contribution in [3.63, 3.8) is 0 Å². The quantitative estimate of drug-likeness (QED) is 0.729. The lowest BCUT2D eigenvalue weighted by atomic mass is 9.93. The van der Waals surface area contributed by atoms with Crippen LogP contribution in [0.15, 0.2) is 78.9 Å². The number of hydrogen-bond acceptors (Lipinski definition) is 3. The first-order chi connectivity index (χ1) is 13.0. The highest BCUT2D eigenvalue weighted by Gasteiger charge is 2.24. The van der Waals surface area contributed by atoms with Gasteiger partial charge in [0.05, 0.1) is 18.2 Å². The summed E-state index contributed by atoms with van der Waals surface area (Å²) in [6, 6.07) is 26.1. The summed E-state index contributed by atoms with van der Waals surface area (Å²) in [6.45, 7) is 1.73. The summed E-state index contributed by atoms with van der Waals surface area (Å²) in [5.41, 5.74) is 2.49. The molecule has 0 aromatic heterocycles. The van der Waals surface area contributed by atoms with E-state index in [1.54, 1.807) is 25.1 Å². The molecule has 134 valence electrons. The van der Waals surface area contributed by atoms with E-state index in [0.717, 1.165) is 11.1 Å². The standard InChI is InChI=1S/C23H20N2O2/c1-23(27,16-25-22(26)20-9-5-6-17(14-20)15-24)21-12-10-19(11-13-21)18-7-3-2-4-8-18/h2-14,27H,16H2,1H3,(H,25,26). The van der Waals surface area contributed by atoms with Gasteiger partial charge in [-0.3, -0.25) is 4.79 Å². The van der Waals surface area contributed by atoms with E-state index in [-0.39, 0.29) is 12.5 Å². The highest BCUT2D eigenvalue weighted by Crippen LogP contribution is 2.25. The van der Waals surface area contributed by atoms with Gasteiger partial charge in [-0.2, -0.15) is 5.26 Å². The van der Waals surface area contributed by atoms with Gasteiger partial charge in [-0.05, 0) is 41.8 Å². The Kier molecular flexibility index (Phi) is 5.35. The van der Waals surface area contributed by atoms with Crippen LogP contribution < -0.4 is 5.32 Å². The second-order valence-corrected chi connectivity index (χ2v) is 6.59. The first kappa shape index (κ1) is 18.4. The van der Waals surface area contributed by atoms with E-state index in [1.165, 1.54) is 6.07 Å². The van der Waals surface area contributed by atoms with Gasteiger partial charge in [-0.1, -0.05) is 60.7 Å². The van der Waals surface area contributed by atoms with Crippen LogP contribution in [0.25, 0.3) is 11.1 Å². The molecule has 0 spiro atoms. The van der Waals surface area contributed by atoms with E-state index in [2.05, 4.69) is 5.32 Å². The molecular weight excluding hydrogens is 336 g/mol. The number of carbonyl (C=O) groups excluding carboxylic acids is 1. The van der Waals surface area contributed by atoms with Crippen molar-refractivity contribution < 1.29 is 9.90 Å². The monoisotopic (exact) mass is 356 g/mol. The van der Waals surface area contributed by atoms with E-state index in [9.17, 15) is 9.90 Å². The van der Waals surface area contributed by atoms with Crippen LogP contribution in [0.5, 0.6) is 0 Å². The van der Waals surface area contributed by atoms with Gasteiger partial charge in [0, 0.05) is 5.56 Å². The van der Waals surface area contributed by atoms with E-state index in [1.807, 2.05) is 60.7 Å². The predicted molar refractivity (Wildman–Crippen MR) is 105 cm³/mol. The van der Waals surface area contributed by atoms with Gasteiger partial charge in [-0.25, -0.2) is 0 Å². The molecule has 1 unspecified atom stereocenters. The highest BCUT2D eigenvalue weighted by molar-refractivity contribution is 5.94. The van der Waals surface area contributed by atoms with E-state index in [0.29, 0.717) is 16.7 Å². The SMILES string of the molecule is CC(O)(CNC(=O)c1cccc(C#N)c1)c1ccc(-c2ccccc2)cc1. The molecule has 2 N–H and O–H groups in total. The van der Waals surface area contributed by atoms with Crippen molar-refractivity contribution in [2.75, 3.05) is 6.54 Å². The van der Waals surface area contributed by atoms with Crippen LogP contribution in [-0.2, 0) is 5.60 Å². The molecule has 0 bridgehead atoms. The fraction of sp³-hybridized carbons (Fsp3) is 0.130. The molecule has 1 amide bonds. The number of carbonyl (C=O) groups is 1. The van der Waals surface area contributed by atoms with Crippen molar-refractivity contribution in [2.45, 2.75) is 12.5 Å². The summed E-state index contributed by atoms with van der Waals surface area (Å²) in [5.74, 6) is -0.326. The van der Waals surface area contributed by atoms with Crippen molar-refractivity contribution in [1.82, 2.24) is 5.32 Å². The highest BCUT2D eigenvalue weighted by atomic mass is 16.3. The lowest BCUT2D eigenvalue weighted by molar-refractivity contribution is 0.0526. The minimum atomic E-state index is -1.21. The van der Waals surface area contributed by atoms with Gasteiger partial charge in [0.15, 0.2) is 0 Å². The molecule has 3 rings (SSSR count). The summed E-state index contributed by atoms with van der Waals surface area (Å²) in [7, 11) is 0. The van der Waals surface area contributed by atoms with Crippen LogP contribution in [0.1, 0.15) is 28.4 Å². The number of amides is 1. The van der Waals surface area contributed by atoms with Crippen LogP contribution in [0.2, 0.25) is 0 Å². The van der Waals surface area contributed by atoms with Gasteiger partial charge in [0.2, 0.25) is 0 Å². The molecule has 0 saturated heterocycles. The Hall–Kier alpha value is -3.42. The average molecular weight is 356 g/mol.